The summed E-state index contributed by atoms with van der Waals surface area (Å²) in [4.78, 5) is 50.6. The van der Waals surface area contributed by atoms with Gasteiger partial charge in [-0.25, -0.2) is 19.2 Å². The van der Waals surface area contributed by atoms with Gasteiger partial charge in [0.2, 0.25) is 0 Å². The summed E-state index contributed by atoms with van der Waals surface area (Å²) in [7, 11) is 0. The third kappa shape index (κ3) is 4.17. The summed E-state index contributed by atoms with van der Waals surface area (Å²) in [6.07, 6.45) is 6.56. The molecule has 1 amide bonds. The zero-order valence-electron chi connectivity index (χ0n) is 18.9. The molecule has 0 radical (unpaired) electrons. The first-order valence-corrected chi connectivity index (χ1v) is 12.8. The van der Waals surface area contributed by atoms with Crippen molar-refractivity contribution in [1.82, 2.24) is 29.4 Å². The second kappa shape index (κ2) is 9.36. The van der Waals surface area contributed by atoms with Crippen molar-refractivity contribution in [3.63, 3.8) is 0 Å². The van der Waals surface area contributed by atoms with Gasteiger partial charge in [-0.3, -0.25) is 18.7 Å². The number of hydrogen-bond acceptors (Lipinski definition) is 6. The molecule has 5 rings (SSSR count). The molecule has 2 aliphatic rings. The van der Waals surface area contributed by atoms with Crippen LogP contribution in [-0.4, -0.2) is 47.5 Å². The van der Waals surface area contributed by atoms with Crippen LogP contribution < -0.4 is 16.6 Å². The second-order valence-corrected chi connectivity index (χ2v) is 10.3. The Morgan fingerprint density at radius 1 is 1.09 bits per heavy atom. The van der Waals surface area contributed by atoms with Crippen LogP contribution in [0.5, 0.6) is 0 Å². The molecule has 3 aromatic rings. The number of hydrogen-bond donors (Lipinski definition) is 2. The summed E-state index contributed by atoms with van der Waals surface area (Å²) in [5, 5.41) is 3.15. The van der Waals surface area contributed by atoms with E-state index in [1.54, 1.807) is 11.5 Å². The second-order valence-electron chi connectivity index (χ2n) is 9.05. The first kappa shape index (κ1) is 22.8. The molecule has 1 saturated carbocycles. The monoisotopic (exact) mass is 486 g/mol. The fourth-order valence-electron chi connectivity index (χ4n) is 5.12. The van der Waals surface area contributed by atoms with E-state index < -0.39 is 11.4 Å². The summed E-state index contributed by atoms with van der Waals surface area (Å²) < 4.78 is 17.0. The van der Waals surface area contributed by atoms with Crippen LogP contribution in [-0.2, 0) is 0 Å². The van der Waals surface area contributed by atoms with Crippen molar-refractivity contribution in [1.29, 1.82) is 0 Å². The molecule has 0 spiro atoms. The van der Waals surface area contributed by atoms with Gasteiger partial charge in [0.1, 0.15) is 17.2 Å². The number of carbonyl (C=O) groups is 1. The number of nitrogens with zero attached hydrogens (tertiary/aromatic N) is 4. The molecule has 180 valence electrons. The predicted molar refractivity (Wildman–Crippen MR) is 128 cm³/mol. The highest BCUT2D eigenvalue weighted by Gasteiger charge is 2.30. The van der Waals surface area contributed by atoms with E-state index in [4.69, 9.17) is 0 Å². The van der Waals surface area contributed by atoms with E-state index in [1.807, 2.05) is 11.8 Å². The quantitative estimate of drug-likeness (QED) is 0.586. The predicted octanol–water partition coefficient (Wildman–Crippen LogP) is 2.71. The maximum absolute atomic E-state index is 14.0. The number of H-pyrrole nitrogens is 1. The fraction of sp³-hybridized carbons (Fsp3) is 0.522. The van der Waals surface area contributed by atoms with Crippen LogP contribution in [0.4, 0.5) is 4.39 Å². The van der Waals surface area contributed by atoms with Crippen molar-refractivity contribution in [3.05, 3.63) is 56.6 Å². The standard InChI is InChI=1S/C23H27FN6O3S/c1-13-19(27-12-26-13)21(31)28-15-2-4-16(5-3-15)30-22(32)18-10-14(24)11-25-20(18)29(23(30)33)17-6-8-34-9-7-17/h10-12,15-17H,2-9H2,1H3,(H,26,27)(H,28,31). The van der Waals surface area contributed by atoms with Gasteiger partial charge in [-0.05, 0) is 63.0 Å². The fourth-order valence-corrected chi connectivity index (χ4v) is 6.20. The Hall–Kier alpha value is -2.95. The number of rotatable bonds is 4. The largest absolute Gasteiger partial charge is 0.348 e. The molecular weight excluding hydrogens is 459 g/mol. The van der Waals surface area contributed by atoms with E-state index in [2.05, 4.69) is 20.3 Å². The Balaban J connectivity index is 1.44. The minimum atomic E-state index is -0.597. The summed E-state index contributed by atoms with van der Waals surface area (Å²) in [6, 6.07) is 0.755. The lowest BCUT2D eigenvalue weighted by Gasteiger charge is -2.31. The van der Waals surface area contributed by atoms with Gasteiger partial charge in [0.15, 0.2) is 0 Å². The summed E-state index contributed by atoms with van der Waals surface area (Å²) in [5.41, 5.74) is 0.480. The number of imidazole rings is 1. The molecule has 1 saturated heterocycles. The minimum absolute atomic E-state index is 0.0613. The van der Waals surface area contributed by atoms with Gasteiger partial charge >= 0.3 is 5.69 Å². The average molecular weight is 487 g/mol. The third-order valence-corrected chi connectivity index (χ3v) is 7.97. The SMILES string of the molecule is Cc1[nH]cnc1C(=O)NC1CCC(n2c(=O)c3cc(F)cnc3n(C3CCSCC3)c2=O)CC1. The Morgan fingerprint density at radius 3 is 2.47 bits per heavy atom. The number of nitrogens with one attached hydrogen (secondary N) is 2. The molecule has 3 aromatic heterocycles. The molecule has 4 heterocycles. The Kier molecular flexibility index (Phi) is 6.28. The molecule has 2 fully saturated rings. The first-order valence-electron chi connectivity index (χ1n) is 11.6. The molecule has 0 atom stereocenters. The number of aromatic amines is 1. The Morgan fingerprint density at radius 2 is 1.79 bits per heavy atom. The topological polar surface area (TPSA) is 115 Å². The summed E-state index contributed by atoms with van der Waals surface area (Å²) in [5.74, 6) is 1.03. The van der Waals surface area contributed by atoms with Crippen LogP contribution >= 0.6 is 11.8 Å². The Bertz CT molecular complexity index is 1330. The highest BCUT2D eigenvalue weighted by molar-refractivity contribution is 7.99. The molecule has 0 unspecified atom stereocenters. The van der Waals surface area contributed by atoms with Crippen LogP contribution in [0.3, 0.4) is 0 Å². The van der Waals surface area contributed by atoms with Crippen LogP contribution in [0.1, 0.15) is 66.8 Å². The molecule has 11 heteroatoms. The molecule has 0 aromatic carbocycles. The maximum Gasteiger partial charge on any atom is 0.333 e. The van der Waals surface area contributed by atoms with Crippen molar-refractivity contribution in [2.45, 2.75) is 63.6 Å². The average Bonchev–Trinajstić information content (AvgIpc) is 3.27. The third-order valence-electron chi connectivity index (χ3n) is 6.92. The van der Waals surface area contributed by atoms with Crippen LogP contribution in [0.15, 0.2) is 28.2 Å². The molecule has 2 N–H and O–H groups in total. The van der Waals surface area contributed by atoms with E-state index in [0.29, 0.717) is 37.1 Å². The lowest BCUT2D eigenvalue weighted by Crippen LogP contribution is -2.46. The van der Waals surface area contributed by atoms with E-state index in [0.717, 1.165) is 30.5 Å². The molecule has 9 nitrogen and oxygen atoms in total. The van der Waals surface area contributed by atoms with Crippen molar-refractivity contribution >= 4 is 28.7 Å². The van der Waals surface area contributed by atoms with Crippen molar-refractivity contribution in [2.75, 3.05) is 11.5 Å². The van der Waals surface area contributed by atoms with Crippen LogP contribution in [0.25, 0.3) is 11.0 Å². The minimum Gasteiger partial charge on any atom is -0.348 e. The van der Waals surface area contributed by atoms with Gasteiger partial charge in [0.05, 0.1) is 17.9 Å². The first-order chi connectivity index (χ1) is 16.4. The van der Waals surface area contributed by atoms with Crippen molar-refractivity contribution in [3.8, 4) is 0 Å². The van der Waals surface area contributed by atoms with Crippen LogP contribution in [0.2, 0.25) is 0 Å². The molecule has 34 heavy (non-hydrogen) atoms. The van der Waals surface area contributed by atoms with Gasteiger partial charge in [-0.2, -0.15) is 11.8 Å². The molecule has 1 aliphatic heterocycles. The highest BCUT2D eigenvalue weighted by atomic mass is 32.2. The van der Waals surface area contributed by atoms with Gasteiger partial charge < -0.3 is 10.3 Å². The lowest BCUT2D eigenvalue weighted by atomic mass is 9.90. The van der Waals surface area contributed by atoms with E-state index >= 15 is 0 Å². The maximum atomic E-state index is 14.0. The van der Waals surface area contributed by atoms with Crippen molar-refractivity contribution < 1.29 is 9.18 Å². The van der Waals surface area contributed by atoms with Gasteiger partial charge in [-0.1, -0.05) is 0 Å². The van der Waals surface area contributed by atoms with E-state index in [-0.39, 0.29) is 40.8 Å². The highest BCUT2D eigenvalue weighted by Crippen LogP contribution is 2.30. The number of carbonyl (C=O) groups excluding carboxylic acids is 1. The zero-order valence-corrected chi connectivity index (χ0v) is 19.7. The number of thioether (sulfide) groups is 1. The summed E-state index contributed by atoms with van der Waals surface area (Å²) in [6.45, 7) is 1.79. The molecule has 0 bridgehead atoms. The van der Waals surface area contributed by atoms with Gasteiger partial charge in [0, 0.05) is 23.8 Å². The lowest BCUT2D eigenvalue weighted by molar-refractivity contribution is 0.0916. The number of amides is 1. The number of aromatic nitrogens is 5. The van der Waals surface area contributed by atoms with Gasteiger partial charge in [0.25, 0.3) is 11.5 Å². The number of halogens is 1. The number of fused-ring (bicyclic) bond motifs is 1. The van der Waals surface area contributed by atoms with E-state index in [1.165, 1.54) is 17.0 Å². The molecular formula is C23H27FN6O3S. The van der Waals surface area contributed by atoms with Crippen molar-refractivity contribution in [2.24, 2.45) is 0 Å². The van der Waals surface area contributed by atoms with E-state index in [9.17, 15) is 18.8 Å². The zero-order chi connectivity index (χ0) is 23.8. The Labute approximate surface area is 199 Å². The number of aryl methyl sites for hydroxylation is 1. The van der Waals surface area contributed by atoms with Crippen LogP contribution in [0, 0.1) is 12.7 Å². The van der Waals surface area contributed by atoms with Gasteiger partial charge in [-0.15, -0.1) is 0 Å². The normalized spacial score (nSPS) is 21.6. The smallest absolute Gasteiger partial charge is 0.333 e. The number of pyridine rings is 1. The summed E-state index contributed by atoms with van der Waals surface area (Å²) >= 11 is 1.84. The molecule has 1 aliphatic carbocycles.